The van der Waals surface area contributed by atoms with E-state index in [0.717, 1.165) is 10.6 Å². The molecule has 3 heterocycles. The third kappa shape index (κ3) is 3.71. The van der Waals surface area contributed by atoms with Gasteiger partial charge in [0, 0.05) is 5.02 Å². The highest BCUT2D eigenvalue weighted by atomic mass is 35.5. The summed E-state index contributed by atoms with van der Waals surface area (Å²) in [6.07, 6.45) is 2.32. The monoisotopic (exact) mass is 589 g/mol. The van der Waals surface area contributed by atoms with Gasteiger partial charge in [0.25, 0.3) is 11.8 Å². The van der Waals surface area contributed by atoms with Crippen LogP contribution >= 0.6 is 11.6 Å². The molecular formula is C31H25ClFN3O6. The summed E-state index contributed by atoms with van der Waals surface area (Å²) >= 11 is 6.24. The molecule has 42 heavy (non-hydrogen) atoms. The lowest BCUT2D eigenvalue weighted by Gasteiger charge is -2.49. The molecule has 11 heteroatoms. The average Bonchev–Trinajstić information content (AvgIpc) is 3.64. The van der Waals surface area contributed by atoms with Crippen LogP contribution in [0.3, 0.4) is 0 Å². The molecule has 6 unspecified atom stereocenters. The van der Waals surface area contributed by atoms with Crippen LogP contribution in [0.5, 0.6) is 0 Å². The van der Waals surface area contributed by atoms with E-state index in [0.29, 0.717) is 28.5 Å². The summed E-state index contributed by atoms with van der Waals surface area (Å²) in [5, 5.41) is 13.7. The number of hydrazine groups is 1. The van der Waals surface area contributed by atoms with Gasteiger partial charge in [0.05, 0.1) is 29.4 Å². The van der Waals surface area contributed by atoms with Crippen LogP contribution in [0.15, 0.2) is 76.7 Å². The second kappa shape index (κ2) is 9.64. The normalized spacial score (nSPS) is 30.0. The van der Waals surface area contributed by atoms with Gasteiger partial charge in [0.15, 0.2) is 0 Å². The summed E-state index contributed by atoms with van der Waals surface area (Å²) in [6.45, 7) is -0.376. The lowest BCUT2D eigenvalue weighted by molar-refractivity contribution is -0.139. The Kier molecular flexibility index (Phi) is 6.11. The molecule has 2 aromatic carbocycles. The molecule has 0 bridgehead atoms. The van der Waals surface area contributed by atoms with E-state index >= 15 is 0 Å². The Morgan fingerprint density at radius 1 is 1.00 bits per heavy atom. The maximum atomic E-state index is 14.8. The van der Waals surface area contributed by atoms with Crippen molar-refractivity contribution in [3.8, 4) is 0 Å². The number of rotatable bonds is 5. The van der Waals surface area contributed by atoms with E-state index in [4.69, 9.17) is 16.0 Å². The van der Waals surface area contributed by atoms with Crippen LogP contribution < -0.4 is 10.7 Å². The minimum atomic E-state index is -1.52. The quantitative estimate of drug-likeness (QED) is 0.305. The van der Waals surface area contributed by atoms with Crippen molar-refractivity contribution >= 4 is 40.9 Å². The summed E-state index contributed by atoms with van der Waals surface area (Å²) in [5.74, 6) is -5.26. The molecule has 0 spiro atoms. The lowest BCUT2D eigenvalue weighted by Crippen LogP contribution is -2.53. The topological polar surface area (TPSA) is 129 Å². The Labute approximate surface area is 244 Å². The van der Waals surface area contributed by atoms with Crippen LogP contribution in [0.4, 0.5) is 10.1 Å². The number of halogens is 2. The van der Waals surface area contributed by atoms with Crippen LogP contribution in [-0.4, -0.2) is 33.7 Å². The van der Waals surface area contributed by atoms with Gasteiger partial charge < -0.3 is 9.52 Å². The first-order valence-electron chi connectivity index (χ1n) is 13.6. The first-order chi connectivity index (χ1) is 20.2. The number of aliphatic hydroxyl groups is 1. The van der Waals surface area contributed by atoms with E-state index in [1.54, 1.807) is 36.4 Å². The summed E-state index contributed by atoms with van der Waals surface area (Å²) in [7, 11) is 0. The number of nitrogens with one attached hydrogen (secondary N) is 2. The largest absolute Gasteiger partial charge is 0.463 e. The van der Waals surface area contributed by atoms with Crippen LogP contribution in [0, 0.1) is 29.5 Å². The average molecular weight is 590 g/mol. The van der Waals surface area contributed by atoms with E-state index in [-0.39, 0.29) is 24.7 Å². The van der Waals surface area contributed by atoms with Gasteiger partial charge in [-0.15, -0.1) is 0 Å². The number of fused-ring (bicyclic) bond motifs is 4. The second-order valence-electron chi connectivity index (χ2n) is 11.2. The van der Waals surface area contributed by atoms with Crippen molar-refractivity contribution in [2.24, 2.45) is 23.7 Å². The molecule has 0 radical (unpaired) electrons. The maximum absolute atomic E-state index is 14.8. The molecule has 7 rings (SSSR count). The number of anilines is 1. The number of benzene rings is 2. The fourth-order valence-corrected chi connectivity index (χ4v) is 7.64. The number of allylic oxidation sites excluding steroid dienone is 2. The highest BCUT2D eigenvalue weighted by molar-refractivity contribution is 6.30. The van der Waals surface area contributed by atoms with Crippen molar-refractivity contribution in [2.75, 3.05) is 5.43 Å². The van der Waals surface area contributed by atoms with E-state index in [9.17, 15) is 28.7 Å². The van der Waals surface area contributed by atoms with Gasteiger partial charge in [-0.1, -0.05) is 35.4 Å². The molecule has 3 fully saturated rings. The number of imide groups is 2. The van der Waals surface area contributed by atoms with Gasteiger partial charge >= 0.3 is 0 Å². The number of furan rings is 1. The molecule has 3 N–H and O–H groups in total. The Morgan fingerprint density at radius 2 is 1.74 bits per heavy atom. The molecule has 9 nitrogen and oxygen atoms in total. The van der Waals surface area contributed by atoms with Gasteiger partial charge in [0.2, 0.25) is 11.8 Å². The van der Waals surface area contributed by atoms with Gasteiger partial charge in [-0.3, -0.25) is 29.9 Å². The Balaban J connectivity index is 1.46. The van der Waals surface area contributed by atoms with Gasteiger partial charge in [-0.05, 0) is 72.9 Å². The van der Waals surface area contributed by atoms with Crippen LogP contribution in [0.25, 0.3) is 0 Å². The van der Waals surface area contributed by atoms with Crippen LogP contribution in [0.2, 0.25) is 5.02 Å². The minimum Gasteiger partial charge on any atom is -0.463 e. The third-order valence-electron chi connectivity index (χ3n) is 9.22. The number of nitrogens with zero attached hydrogens (tertiary/aromatic N) is 1. The third-order valence-corrected chi connectivity index (χ3v) is 9.47. The van der Waals surface area contributed by atoms with Gasteiger partial charge in [-0.2, -0.15) is 5.01 Å². The van der Waals surface area contributed by atoms with E-state index < -0.39 is 58.5 Å². The standard InChI is InChI=1S/C31H25ClFN3O6/c32-16-3-1-15(2-4-16)31-23(29(40)36(30(31)41)35-18-7-5-17(33)6-8-18)13-22-20(26(31)24-12-9-19(14-37)42-24)10-11-21-25(22)28(39)34-27(21)38/h1-10,12,21-23,25-26,35,37H,11,13-14H2,(H,34,38,39). The highest BCUT2D eigenvalue weighted by Crippen LogP contribution is 2.63. The molecule has 1 saturated carbocycles. The number of amides is 4. The molecule has 4 aliphatic rings. The SMILES string of the molecule is O=C1NC(=O)C2C1CC=C1C2CC2C(=O)N(Nc3ccc(F)cc3)C(=O)C2(c2ccc(Cl)cc2)C1c1ccc(CO)o1. The van der Waals surface area contributed by atoms with Crippen molar-refractivity contribution in [3.63, 3.8) is 0 Å². The van der Waals surface area contributed by atoms with Gasteiger partial charge in [0.1, 0.15) is 29.4 Å². The van der Waals surface area contributed by atoms with Gasteiger partial charge in [-0.25, -0.2) is 4.39 Å². The number of carbonyl (C=O) groups excluding carboxylic acids is 4. The first-order valence-corrected chi connectivity index (χ1v) is 14.0. The van der Waals surface area contributed by atoms with Crippen molar-refractivity contribution in [3.05, 3.63) is 100 Å². The molecule has 3 aromatic rings. The molecule has 214 valence electrons. The zero-order valence-corrected chi connectivity index (χ0v) is 22.8. The first kappa shape index (κ1) is 26.6. The fraction of sp³-hybridized carbons (Fsp3) is 0.290. The second-order valence-corrected chi connectivity index (χ2v) is 11.6. The summed E-state index contributed by atoms with van der Waals surface area (Å²) < 4.78 is 19.7. The highest BCUT2D eigenvalue weighted by Gasteiger charge is 2.70. The Morgan fingerprint density at radius 3 is 2.43 bits per heavy atom. The predicted molar refractivity (Wildman–Crippen MR) is 147 cm³/mol. The molecule has 6 atom stereocenters. The number of aliphatic hydroxyl groups excluding tert-OH is 1. The summed E-state index contributed by atoms with van der Waals surface area (Å²) in [6, 6.07) is 15.3. The fourth-order valence-electron chi connectivity index (χ4n) is 7.51. The zero-order valence-electron chi connectivity index (χ0n) is 22.1. The number of carbonyl (C=O) groups is 4. The lowest BCUT2D eigenvalue weighted by atomic mass is 9.50. The molecule has 4 amide bonds. The summed E-state index contributed by atoms with van der Waals surface area (Å²) in [4.78, 5) is 54.8. The smallest absolute Gasteiger partial charge is 0.260 e. The Hall–Kier alpha value is -4.28. The van der Waals surface area contributed by atoms with Crippen LogP contribution in [0.1, 0.15) is 35.8 Å². The predicted octanol–water partition coefficient (Wildman–Crippen LogP) is 3.84. The molecular weight excluding hydrogens is 565 g/mol. The Bertz CT molecular complexity index is 1670. The number of hydrogen-bond donors (Lipinski definition) is 3. The maximum Gasteiger partial charge on any atom is 0.260 e. The van der Waals surface area contributed by atoms with Crippen molar-refractivity contribution < 1.29 is 33.1 Å². The van der Waals surface area contributed by atoms with E-state index in [2.05, 4.69) is 10.7 Å². The van der Waals surface area contributed by atoms with E-state index in [1.807, 2.05) is 6.08 Å². The molecule has 1 aromatic heterocycles. The molecule has 2 saturated heterocycles. The molecule has 2 aliphatic heterocycles. The van der Waals surface area contributed by atoms with E-state index in [1.165, 1.54) is 24.3 Å². The molecule has 2 aliphatic carbocycles. The number of hydrogen-bond acceptors (Lipinski definition) is 7. The van der Waals surface area contributed by atoms with Crippen LogP contribution in [-0.2, 0) is 31.2 Å². The van der Waals surface area contributed by atoms with Crippen molar-refractivity contribution in [2.45, 2.75) is 30.8 Å². The summed E-state index contributed by atoms with van der Waals surface area (Å²) in [5.41, 5.74) is 2.95. The zero-order chi connectivity index (χ0) is 29.3. The van der Waals surface area contributed by atoms with Crippen molar-refractivity contribution in [1.29, 1.82) is 0 Å². The minimum absolute atomic E-state index is 0.132. The van der Waals surface area contributed by atoms with Crippen molar-refractivity contribution in [1.82, 2.24) is 10.3 Å².